The Kier molecular flexibility index (Phi) is 2.75. The summed E-state index contributed by atoms with van der Waals surface area (Å²) in [6, 6.07) is 5.75. The van der Waals surface area contributed by atoms with E-state index >= 15 is 0 Å². The first kappa shape index (κ1) is 10.2. The number of nitrogens with two attached hydrogens (primary N) is 1. The largest absolute Gasteiger partial charge is 0.367 e. The Morgan fingerprint density at radius 3 is 2.87 bits per heavy atom. The van der Waals surface area contributed by atoms with E-state index in [1.807, 2.05) is 25.1 Å². The molecular weight excluding hydrogens is 232 g/mol. The van der Waals surface area contributed by atoms with Crippen LogP contribution in [0.15, 0.2) is 18.2 Å². The van der Waals surface area contributed by atoms with Crippen molar-refractivity contribution in [1.29, 1.82) is 0 Å². The Morgan fingerprint density at radius 2 is 2.27 bits per heavy atom. The SMILES string of the molecule is Cc1ccc(Nc2nc(N)ns2)c(Cl)c1. The van der Waals surface area contributed by atoms with E-state index in [1.165, 1.54) is 11.5 Å². The monoisotopic (exact) mass is 240 g/mol. The fraction of sp³-hybridized carbons (Fsp3) is 0.111. The molecule has 0 saturated heterocycles. The van der Waals surface area contributed by atoms with Gasteiger partial charge in [-0.15, -0.1) is 0 Å². The number of nitrogens with zero attached hydrogens (tertiary/aromatic N) is 2. The van der Waals surface area contributed by atoms with Crippen molar-refractivity contribution in [2.75, 3.05) is 11.1 Å². The molecular formula is C9H9ClN4S. The fourth-order valence-corrected chi connectivity index (χ4v) is 1.92. The van der Waals surface area contributed by atoms with Gasteiger partial charge in [0.2, 0.25) is 11.1 Å². The minimum absolute atomic E-state index is 0.269. The van der Waals surface area contributed by atoms with Crippen LogP contribution < -0.4 is 11.1 Å². The molecule has 0 aliphatic rings. The van der Waals surface area contributed by atoms with Crippen molar-refractivity contribution in [3.63, 3.8) is 0 Å². The van der Waals surface area contributed by atoms with Crippen molar-refractivity contribution >= 4 is 39.9 Å². The summed E-state index contributed by atoms with van der Waals surface area (Å²) >= 11 is 7.25. The van der Waals surface area contributed by atoms with Crippen LogP contribution in [0.4, 0.5) is 16.8 Å². The maximum Gasteiger partial charge on any atom is 0.233 e. The van der Waals surface area contributed by atoms with Crippen LogP contribution in [-0.2, 0) is 0 Å². The van der Waals surface area contributed by atoms with Crippen molar-refractivity contribution in [2.24, 2.45) is 0 Å². The van der Waals surface area contributed by atoms with Gasteiger partial charge in [0.15, 0.2) is 0 Å². The topological polar surface area (TPSA) is 63.8 Å². The van der Waals surface area contributed by atoms with E-state index in [0.717, 1.165) is 11.3 Å². The maximum atomic E-state index is 6.05. The van der Waals surface area contributed by atoms with Crippen molar-refractivity contribution in [3.8, 4) is 0 Å². The Bertz CT molecular complexity index is 483. The molecule has 0 bridgehead atoms. The van der Waals surface area contributed by atoms with Gasteiger partial charge >= 0.3 is 0 Å². The van der Waals surface area contributed by atoms with Gasteiger partial charge in [-0.2, -0.15) is 9.36 Å². The van der Waals surface area contributed by atoms with Crippen LogP contribution in [0.1, 0.15) is 5.56 Å². The van der Waals surface area contributed by atoms with E-state index in [2.05, 4.69) is 14.7 Å². The van der Waals surface area contributed by atoms with E-state index in [4.69, 9.17) is 17.3 Å². The first-order chi connectivity index (χ1) is 7.15. The number of aromatic nitrogens is 2. The molecule has 0 saturated carbocycles. The molecule has 1 heterocycles. The molecule has 2 aromatic rings. The highest BCUT2D eigenvalue weighted by atomic mass is 35.5. The smallest absolute Gasteiger partial charge is 0.233 e. The predicted molar refractivity (Wildman–Crippen MR) is 63.8 cm³/mol. The zero-order chi connectivity index (χ0) is 10.8. The molecule has 0 amide bonds. The van der Waals surface area contributed by atoms with Gasteiger partial charge in [0.25, 0.3) is 0 Å². The number of nitrogen functional groups attached to an aromatic ring is 1. The Hall–Kier alpha value is -1.33. The van der Waals surface area contributed by atoms with Crippen molar-refractivity contribution < 1.29 is 0 Å². The minimum atomic E-state index is 0.269. The standard InChI is InChI=1S/C9H9ClN4S/c1-5-2-3-7(6(10)4-5)12-9-13-8(11)14-15-9/h2-4H,1H3,(H3,11,12,13,14). The van der Waals surface area contributed by atoms with Crippen molar-refractivity contribution in [3.05, 3.63) is 28.8 Å². The highest BCUT2D eigenvalue weighted by Crippen LogP contribution is 2.27. The van der Waals surface area contributed by atoms with Crippen LogP contribution in [0, 0.1) is 6.92 Å². The maximum absolute atomic E-state index is 6.05. The highest BCUT2D eigenvalue weighted by molar-refractivity contribution is 7.10. The molecule has 2 rings (SSSR count). The summed E-state index contributed by atoms with van der Waals surface area (Å²) in [5.74, 6) is 0.269. The van der Waals surface area contributed by atoms with Gasteiger partial charge in [-0.3, -0.25) is 0 Å². The second kappa shape index (κ2) is 4.04. The lowest BCUT2D eigenvalue weighted by molar-refractivity contribution is 1.33. The number of rotatable bonds is 2. The first-order valence-corrected chi connectivity index (χ1v) is 5.42. The average Bonchev–Trinajstić information content (AvgIpc) is 2.56. The molecule has 78 valence electrons. The van der Waals surface area contributed by atoms with E-state index in [0.29, 0.717) is 10.2 Å². The number of benzene rings is 1. The summed E-state index contributed by atoms with van der Waals surface area (Å²) in [6.07, 6.45) is 0. The lowest BCUT2D eigenvalue weighted by Gasteiger charge is -2.04. The number of hydrogen-bond donors (Lipinski definition) is 2. The minimum Gasteiger partial charge on any atom is -0.367 e. The molecule has 6 heteroatoms. The Morgan fingerprint density at radius 1 is 1.47 bits per heavy atom. The number of nitrogens with one attached hydrogen (secondary N) is 1. The Balaban J connectivity index is 2.24. The number of anilines is 3. The van der Waals surface area contributed by atoms with E-state index in [-0.39, 0.29) is 5.95 Å². The number of aryl methyl sites for hydroxylation is 1. The third-order valence-electron chi connectivity index (χ3n) is 1.81. The summed E-state index contributed by atoms with van der Waals surface area (Å²) in [7, 11) is 0. The number of halogens is 1. The second-order valence-corrected chi connectivity index (χ2v) is 4.23. The molecule has 4 nitrogen and oxygen atoms in total. The highest BCUT2D eigenvalue weighted by Gasteiger charge is 2.04. The lowest BCUT2D eigenvalue weighted by Crippen LogP contribution is -1.92. The van der Waals surface area contributed by atoms with Crippen LogP contribution in [0.3, 0.4) is 0 Å². The Labute approximate surface area is 96.3 Å². The second-order valence-electron chi connectivity index (χ2n) is 3.07. The lowest BCUT2D eigenvalue weighted by atomic mass is 10.2. The summed E-state index contributed by atoms with van der Waals surface area (Å²) < 4.78 is 3.86. The van der Waals surface area contributed by atoms with Gasteiger partial charge in [-0.1, -0.05) is 17.7 Å². The molecule has 0 aliphatic carbocycles. The molecule has 0 aliphatic heterocycles. The fourth-order valence-electron chi connectivity index (χ4n) is 1.12. The van der Waals surface area contributed by atoms with Crippen LogP contribution >= 0.6 is 23.1 Å². The molecule has 0 spiro atoms. The van der Waals surface area contributed by atoms with Gasteiger partial charge in [0, 0.05) is 11.5 Å². The normalized spacial score (nSPS) is 10.3. The summed E-state index contributed by atoms with van der Waals surface area (Å²) in [4.78, 5) is 3.98. The third-order valence-corrected chi connectivity index (χ3v) is 2.77. The molecule has 1 aromatic heterocycles. The van der Waals surface area contributed by atoms with Gasteiger partial charge in [-0.05, 0) is 24.6 Å². The third kappa shape index (κ3) is 2.37. The van der Waals surface area contributed by atoms with E-state index in [1.54, 1.807) is 0 Å². The summed E-state index contributed by atoms with van der Waals surface area (Å²) in [6.45, 7) is 1.98. The van der Waals surface area contributed by atoms with Crippen LogP contribution in [-0.4, -0.2) is 9.36 Å². The van der Waals surface area contributed by atoms with Gasteiger partial charge < -0.3 is 11.1 Å². The molecule has 0 unspecified atom stereocenters. The summed E-state index contributed by atoms with van der Waals surface area (Å²) in [5, 5.41) is 4.35. The molecule has 15 heavy (non-hydrogen) atoms. The molecule has 0 atom stereocenters. The molecule has 0 radical (unpaired) electrons. The predicted octanol–water partition coefficient (Wildman–Crippen LogP) is 2.83. The van der Waals surface area contributed by atoms with Crippen LogP contribution in [0.25, 0.3) is 0 Å². The average molecular weight is 241 g/mol. The van der Waals surface area contributed by atoms with Gasteiger partial charge in [-0.25, -0.2) is 0 Å². The van der Waals surface area contributed by atoms with E-state index < -0.39 is 0 Å². The zero-order valence-electron chi connectivity index (χ0n) is 7.99. The van der Waals surface area contributed by atoms with Crippen LogP contribution in [0.5, 0.6) is 0 Å². The quantitative estimate of drug-likeness (QED) is 0.847. The van der Waals surface area contributed by atoms with Crippen molar-refractivity contribution in [2.45, 2.75) is 6.92 Å². The summed E-state index contributed by atoms with van der Waals surface area (Å²) in [5.41, 5.74) is 7.33. The van der Waals surface area contributed by atoms with Gasteiger partial charge in [0.1, 0.15) is 0 Å². The first-order valence-electron chi connectivity index (χ1n) is 4.27. The van der Waals surface area contributed by atoms with Gasteiger partial charge in [0.05, 0.1) is 10.7 Å². The zero-order valence-corrected chi connectivity index (χ0v) is 9.56. The molecule has 0 fully saturated rings. The van der Waals surface area contributed by atoms with Crippen LogP contribution in [0.2, 0.25) is 5.02 Å². The molecule has 3 N–H and O–H groups in total. The van der Waals surface area contributed by atoms with Crippen molar-refractivity contribution in [1.82, 2.24) is 9.36 Å². The van der Waals surface area contributed by atoms with E-state index in [9.17, 15) is 0 Å². The number of hydrogen-bond acceptors (Lipinski definition) is 5. The molecule has 1 aromatic carbocycles.